The number of anilines is 1. The van der Waals surface area contributed by atoms with Gasteiger partial charge < -0.3 is 4.74 Å². The highest BCUT2D eigenvalue weighted by Gasteiger charge is 2.43. The van der Waals surface area contributed by atoms with Gasteiger partial charge in [0.05, 0.1) is 23.0 Å². The molecule has 4 rings (SSSR count). The zero-order valence-electron chi connectivity index (χ0n) is 15.8. The first-order valence-electron chi connectivity index (χ1n) is 9.19. The Morgan fingerprint density at radius 3 is 2.57 bits per heavy atom. The first kappa shape index (κ1) is 19.9. The summed E-state index contributed by atoms with van der Waals surface area (Å²) in [7, 11) is -3.85. The Kier molecular flexibility index (Phi) is 5.39. The molecule has 0 spiro atoms. The van der Waals surface area contributed by atoms with Crippen LogP contribution in [-0.4, -0.2) is 24.5 Å². The van der Waals surface area contributed by atoms with Crippen LogP contribution in [0.3, 0.4) is 0 Å². The highest BCUT2D eigenvalue weighted by Crippen LogP contribution is 2.44. The molecule has 1 aliphatic heterocycles. The Hall–Kier alpha value is -3.43. The first-order chi connectivity index (χ1) is 14.5. The van der Waals surface area contributed by atoms with Gasteiger partial charge >= 0.3 is 0 Å². The van der Waals surface area contributed by atoms with Crippen LogP contribution in [0.4, 0.5) is 5.69 Å². The number of hydrogen-bond donors (Lipinski definition) is 2. The maximum absolute atomic E-state index is 13.2. The van der Waals surface area contributed by atoms with Gasteiger partial charge in [-0.2, -0.15) is 0 Å². The lowest BCUT2D eigenvalue weighted by Gasteiger charge is -2.25. The number of ether oxygens (including phenoxy) is 1. The number of hydroxylamine groups is 1. The maximum Gasteiger partial charge on any atom is 0.265 e. The minimum atomic E-state index is -3.85. The molecule has 0 bridgehead atoms. The number of hydrogen-bond acceptors (Lipinski definition) is 6. The second kappa shape index (κ2) is 8.13. The lowest BCUT2D eigenvalue weighted by molar-refractivity contribution is -0.129. The number of benzene rings is 2. The third-order valence-electron chi connectivity index (χ3n) is 4.82. The van der Waals surface area contributed by atoms with Crippen molar-refractivity contribution >= 4 is 21.6 Å². The van der Waals surface area contributed by atoms with Gasteiger partial charge in [-0.25, -0.2) is 13.9 Å². The molecule has 0 aliphatic carbocycles. The van der Waals surface area contributed by atoms with Crippen molar-refractivity contribution in [1.82, 2.24) is 10.5 Å². The minimum absolute atomic E-state index is 0.151. The van der Waals surface area contributed by atoms with E-state index >= 15 is 0 Å². The van der Waals surface area contributed by atoms with E-state index in [-0.39, 0.29) is 11.3 Å². The van der Waals surface area contributed by atoms with E-state index in [2.05, 4.69) is 4.98 Å². The minimum Gasteiger partial charge on any atom is -0.489 e. The third kappa shape index (κ3) is 3.72. The standard InChI is InChI=1S/C21H19N3O5S/c25-21(23-26)12-19-18-5-1-2-6-20(18)30(27,28)24(19)16-7-9-17(10-8-16)29-14-15-4-3-11-22-13-15/h1-11,13,19,26H,12,14H2,(H,23,25). The van der Waals surface area contributed by atoms with Gasteiger partial charge in [0.1, 0.15) is 12.4 Å². The fourth-order valence-corrected chi connectivity index (χ4v) is 5.35. The van der Waals surface area contributed by atoms with Crippen molar-refractivity contribution in [3.05, 3.63) is 84.2 Å². The van der Waals surface area contributed by atoms with E-state index in [4.69, 9.17) is 9.94 Å². The molecule has 2 aromatic carbocycles. The summed E-state index contributed by atoms with van der Waals surface area (Å²) in [6.45, 7) is 0.333. The largest absolute Gasteiger partial charge is 0.489 e. The van der Waals surface area contributed by atoms with E-state index < -0.39 is 22.0 Å². The second-order valence-corrected chi connectivity index (χ2v) is 8.52. The molecular weight excluding hydrogens is 406 g/mol. The Bertz CT molecular complexity index is 1150. The van der Waals surface area contributed by atoms with E-state index in [0.717, 1.165) is 5.56 Å². The molecule has 8 nitrogen and oxygen atoms in total. The average molecular weight is 425 g/mol. The monoisotopic (exact) mass is 425 g/mol. The number of nitrogens with one attached hydrogen (secondary N) is 1. The Balaban J connectivity index is 1.61. The van der Waals surface area contributed by atoms with E-state index in [1.807, 2.05) is 12.1 Å². The Morgan fingerprint density at radius 1 is 1.10 bits per heavy atom. The average Bonchev–Trinajstić information content (AvgIpc) is 3.00. The zero-order valence-corrected chi connectivity index (χ0v) is 16.6. The first-order valence-corrected chi connectivity index (χ1v) is 10.6. The number of pyridine rings is 1. The summed E-state index contributed by atoms with van der Waals surface area (Å²) >= 11 is 0. The molecule has 0 fully saturated rings. The van der Waals surface area contributed by atoms with Crippen molar-refractivity contribution in [2.24, 2.45) is 0 Å². The van der Waals surface area contributed by atoms with Crippen LogP contribution in [0.1, 0.15) is 23.6 Å². The van der Waals surface area contributed by atoms with Gasteiger partial charge in [0, 0.05) is 18.0 Å². The zero-order chi connectivity index (χ0) is 21.1. The summed E-state index contributed by atoms with van der Waals surface area (Å²) in [5, 5.41) is 8.93. The SMILES string of the molecule is O=C(CC1c2ccccc2S(=O)(=O)N1c1ccc(OCc2cccnc2)cc1)NO. The van der Waals surface area contributed by atoms with E-state index in [0.29, 0.717) is 23.6 Å². The molecule has 0 saturated heterocycles. The molecule has 9 heteroatoms. The number of carbonyl (C=O) groups excluding carboxylic acids is 1. The summed E-state index contributed by atoms with van der Waals surface area (Å²) in [6, 6.07) is 16.1. The number of aromatic nitrogens is 1. The second-order valence-electron chi connectivity index (χ2n) is 6.74. The smallest absolute Gasteiger partial charge is 0.265 e. The van der Waals surface area contributed by atoms with E-state index in [1.54, 1.807) is 60.3 Å². The van der Waals surface area contributed by atoms with Crippen LogP contribution in [0.25, 0.3) is 0 Å². The maximum atomic E-state index is 13.2. The van der Waals surface area contributed by atoms with Gasteiger partial charge in [0.25, 0.3) is 10.0 Å². The Morgan fingerprint density at radius 2 is 1.87 bits per heavy atom. The fraction of sp³-hybridized carbons (Fsp3) is 0.143. The molecule has 1 aliphatic rings. The lowest BCUT2D eigenvalue weighted by atomic mass is 10.0. The molecule has 1 amide bonds. The van der Waals surface area contributed by atoms with Crippen molar-refractivity contribution in [2.45, 2.75) is 24.0 Å². The van der Waals surface area contributed by atoms with Crippen LogP contribution >= 0.6 is 0 Å². The van der Waals surface area contributed by atoms with Crippen LogP contribution in [-0.2, 0) is 21.4 Å². The van der Waals surface area contributed by atoms with Gasteiger partial charge in [-0.15, -0.1) is 0 Å². The van der Waals surface area contributed by atoms with Gasteiger partial charge in [-0.1, -0.05) is 24.3 Å². The molecule has 1 unspecified atom stereocenters. The topological polar surface area (TPSA) is 109 Å². The van der Waals surface area contributed by atoms with Gasteiger partial charge in [-0.3, -0.25) is 19.3 Å². The van der Waals surface area contributed by atoms with Crippen LogP contribution in [0.2, 0.25) is 0 Å². The molecule has 0 radical (unpaired) electrons. The predicted molar refractivity (Wildman–Crippen MR) is 108 cm³/mol. The molecule has 2 N–H and O–H groups in total. The summed E-state index contributed by atoms with van der Waals surface area (Å²) in [4.78, 5) is 16.0. The molecule has 1 aromatic heterocycles. The molecular formula is C21H19N3O5S. The summed E-state index contributed by atoms with van der Waals surface area (Å²) in [5.74, 6) is -0.102. The molecule has 154 valence electrons. The third-order valence-corrected chi connectivity index (χ3v) is 6.73. The van der Waals surface area contributed by atoms with Crippen molar-refractivity contribution < 1.29 is 23.2 Å². The van der Waals surface area contributed by atoms with Crippen LogP contribution in [0.5, 0.6) is 5.75 Å². The predicted octanol–water partition coefficient (Wildman–Crippen LogP) is 2.81. The number of carbonyl (C=O) groups is 1. The van der Waals surface area contributed by atoms with Crippen LogP contribution < -0.4 is 14.5 Å². The van der Waals surface area contributed by atoms with Gasteiger partial charge in [0.2, 0.25) is 5.91 Å². The molecule has 30 heavy (non-hydrogen) atoms. The quantitative estimate of drug-likeness (QED) is 0.464. The van der Waals surface area contributed by atoms with Gasteiger partial charge in [0.15, 0.2) is 0 Å². The summed E-state index contributed by atoms with van der Waals surface area (Å²) in [5.41, 5.74) is 3.40. The molecule has 0 saturated carbocycles. The van der Waals surface area contributed by atoms with Crippen LogP contribution in [0, 0.1) is 0 Å². The lowest BCUT2D eigenvalue weighted by Crippen LogP contribution is -2.32. The summed E-state index contributed by atoms with van der Waals surface area (Å²) < 4.78 is 33.2. The van der Waals surface area contributed by atoms with E-state index in [9.17, 15) is 13.2 Å². The molecule has 3 aromatic rings. The highest BCUT2D eigenvalue weighted by molar-refractivity contribution is 7.93. The number of nitrogens with zero attached hydrogens (tertiary/aromatic N) is 2. The number of sulfonamides is 1. The van der Waals surface area contributed by atoms with Crippen molar-refractivity contribution in [2.75, 3.05) is 4.31 Å². The highest BCUT2D eigenvalue weighted by atomic mass is 32.2. The van der Waals surface area contributed by atoms with Crippen molar-refractivity contribution in [3.63, 3.8) is 0 Å². The Labute approximate surface area is 173 Å². The van der Waals surface area contributed by atoms with Crippen molar-refractivity contribution in [3.8, 4) is 5.75 Å². The fourth-order valence-electron chi connectivity index (χ4n) is 3.46. The van der Waals surface area contributed by atoms with Gasteiger partial charge in [-0.05, 0) is 42.0 Å². The van der Waals surface area contributed by atoms with E-state index in [1.165, 1.54) is 10.4 Å². The molecule has 2 heterocycles. The number of amides is 1. The van der Waals surface area contributed by atoms with Crippen LogP contribution in [0.15, 0.2) is 78.0 Å². The number of fused-ring (bicyclic) bond motifs is 1. The normalized spacial score (nSPS) is 16.7. The summed E-state index contributed by atoms with van der Waals surface area (Å²) in [6.07, 6.45) is 3.17. The molecule has 1 atom stereocenters. The number of rotatable bonds is 6. The van der Waals surface area contributed by atoms with Crippen molar-refractivity contribution in [1.29, 1.82) is 0 Å².